The highest BCUT2D eigenvalue weighted by atomic mass is 79.9. The molecule has 2 aromatic rings. The van der Waals surface area contributed by atoms with E-state index in [1.54, 1.807) is 0 Å². The smallest absolute Gasteiger partial charge is 0.137 e. The molecule has 1 aliphatic rings. The van der Waals surface area contributed by atoms with Gasteiger partial charge >= 0.3 is 0 Å². The van der Waals surface area contributed by atoms with Crippen molar-refractivity contribution in [1.29, 1.82) is 0 Å². The van der Waals surface area contributed by atoms with Gasteiger partial charge in [0.25, 0.3) is 0 Å². The monoisotopic (exact) mass is 333 g/mol. The molecule has 3 nitrogen and oxygen atoms in total. The zero-order chi connectivity index (χ0) is 14.5. The standard InChI is InChI=1S/C16H20BrN3/c1-10-12(17)4-5-15(19-10)20-7-6-11-13(18)8-16(2,3)9-14(11)20/h4-7,13H,8-9,18H2,1-3H3. The highest BCUT2D eigenvalue weighted by Gasteiger charge is 2.32. The lowest BCUT2D eigenvalue weighted by Gasteiger charge is -2.34. The molecule has 0 radical (unpaired) electrons. The maximum Gasteiger partial charge on any atom is 0.137 e. The van der Waals surface area contributed by atoms with Crippen molar-refractivity contribution in [3.63, 3.8) is 0 Å². The Kier molecular flexibility index (Phi) is 3.26. The van der Waals surface area contributed by atoms with E-state index >= 15 is 0 Å². The fourth-order valence-electron chi connectivity index (χ4n) is 3.12. The molecule has 0 spiro atoms. The molecule has 20 heavy (non-hydrogen) atoms. The highest BCUT2D eigenvalue weighted by Crippen LogP contribution is 2.40. The van der Waals surface area contributed by atoms with Gasteiger partial charge in [-0.15, -0.1) is 0 Å². The summed E-state index contributed by atoms with van der Waals surface area (Å²) in [5.74, 6) is 0.969. The van der Waals surface area contributed by atoms with Crippen molar-refractivity contribution in [3.8, 4) is 5.82 Å². The molecule has 0 fully saturated rings. The van der Waals surface area contributed by atoms with Gasteiger partial charge in [0.05, 0.1) is 5.69 Å². The lowest BCUT2D eigenvalue weighted by molar-refractivity contribution is 0.278. The maximum absolute atomic E-state index is 6.33. The summed E-state index contributed by atoms with van der Waals surface area (Å²) in [6.07, 6.45) is 4.18. The number of fused-ring (bicyclic) bond motifs is 1. The van der Waals surface area contributed by atoms with Crippen LogP contribution in [-0.2, 0) is 6.42 Å². The van der Waals surface area contributed by atoms with E-state index in [9.17, 15) is 0 Å². The fourth-order valence-corrected chi connectivity index (χ4v) is 3.34. The number of halogens is 1. The van der Waals surface area contributed by atoms with Crippen LogP contribution in [0.3, 0.4) is 0 Å². The van der Waals surface area contributed by atoms with Crippen LogP contribution in [0.5, 0.6) is 0 Å². The molecule has 0 saturated heterocycles. The van der Waals surface area contributed by atoms with Crippen LogP contribution in [-0.4, -0.2) is 9.55 Å². The second kappa shape index (κ2) is 4.71. The Balaban J connectivity index is 2.10. The molecule has 1 atom stereocenters. The number of rotatable bonds is 1. The van der Waals surface area contributed by atoms with Gasteiger partial charge in [-0.2, -0.15) is 0 Å². The van der Waals surface area contributed by atoms with Gasteiger partial charge in [-0.1, -0.05) is 13.8 Å². The summed E-state index contributed by atoms with van der Waals surface area (Å²) in [5.41, 5.74) is 10.2. The minimum Gasteiger partial charge on any atom is -0.324 e. The summed E-state index contributed by atoms with van der Waals surface area (Å²) in [4.78, 5) is 4.67. The number of hydrogen-bond acceptors (Lipinski definition) is 2. The molecule has 2 aromatic heterocycles. The van der Waals surface area contributed by atoms with E-state index < -0.39 is 0 Å². The molecule has 0 amide bonds. The van der Waals surface area contributed by atoms with Crippen LogP contribution in [0.25, 0.3) is 5.82 Å². The van der Waals surface area contributed by atoms with Crippen LogP contribution in [0.1, 0.15) is 43.3 Å². The maximum atomic E-state index is 6.33. The van der Waals surface area contributed by atoms with Crippen LogP contribution in [0.2, 0.25) is 0 Å². The zero-order valence-corrected chi connectivity index (χ0v) is 13.7. The Morgan fingerprint density at radius 3 is 2.80 bits per heavy atom. The first-order chi connectivity index (χ1) is 9.37. The molecule has 0 aliphatic heterocycles. The number of aromatic nitrogens is 2. The van der Waals surface area contributed by atoms with Gasteiger partial charge in [0.15, 0.2) is 0 Å². The molecule has 2 heterocycles. The lowest BCUT2D eigenvalue weighted by atomic mass is 9.74. The first kappa shape index (κ1) is 13.8. The van der Waals surface area contributed by atoms with Gasteiger partial charge in [-0.3, -0.25) is 0 Å². The summed E-state index contributed by atoms with van der Waals surface area (Å²) in [6, 6.07) is 6.38. The summed E-state index contributed by atoms with van der Waals surface area (Å²) in [5, 5.41) is 0. The van der Waals surface area contributed by atoms with E-state index in [1.165, 1.54) is 11.3 Å². The van der Waals surface area contributed by atoms with Gasteiger partial charge in [0.2, 0.25) is 0 Å². The molecule has 3 rings (SSSR count). The second-order valence-electron chi connectivity index (χ2n) is 6.48. The Morgan fingerprint density at radius 2 is 2.10 bits per heavy atom. The largest absolute Gasteiger partial charge is 0.324 e. The second-order valence-corrected chi connectivity index (χ2v) is 7.33. The van der Waals surface area contributed by atoms with Crippen molar-refractivity contribution in [2.45, 2.75) is 39.7 Å². The van der Waals surface area contributed by atoms with Crippen molar-refractivity contribution in [2.75, 3.05) is 0 Å². The number of nitrogens with zero attached hydrogens (tertiary/aromatic N) is 2. The van der Waals surface area contributed by atoms with Gasteiger partial charge in [0, 0.05) is 22.4 Å². The molecular weight excluding hydrogens is 314 g/mol. The number of aryl methyl sites for hydroxylation is 1. The van der Waals surface area contributed by atoms with Gasteiger partial charge in [-0.25, -0.2) is 4.98 Å². The Hall–Kier alpha value is -1.13. The van der Waals surface area contributed by atoms with Gasteiger partial charge in [-0.05, 0) is 64.9 Å². The third-order valence-corrected chi connectivity index (χ3v) is 4.94. The van der Waals surface area contributed by atoms with E-state index in [0.717, 1.165) is 28.8 Å². The third kappa shape index (κ3) is 2.31. The molecule has 2 N–H and O–H groups in total. The van der Waals surface area contributed by atoms with E-state index in [2.05, 4.69) is 57.7 Å². The van der Waals surface area contributed by atoms with E-state index in [4.69, 9.17) is 5.73 Å². The van der Waals surface area contributed by atoms with E-state index in [0.29, 0.717) is 0 Å². The summed E-state index contributed by atoms with van der Waals surface area (Å²) >= 11 is 3.50. The SMILES string of the molecule is Cc1nc(-n2ccc3c2CC(C)(C)CC3N)ccc1Br. The third-order valence-electron chi connectivity index (χ3n) is 4.10. The minimum absolute atomic E-state index is 0.131. The molecular formula is C16H20BrN3. The normalized spacial score (nSPS) is 20.8. The van der Waals surface area contributed by atoms with Crippen molar-refractivity contribution in [1.82, 2.24) is 9.55 Å². The summed E-state index contributed by atoms with van der Waals surface area (Å²) in [7, 11) is 0. The highest BCUT2D eigenvalue weighted by molar-refractivity contribution is 9.10. The average molecular weight is 334 g/mol. The lowest BCUT2D eigenvalue weighted by Crippen LogP contribution is -2.30. The van der Waals surface area contributed by atoms with Crippen LogP contribution in [0.15, 0.2) is 28.9 Å². The Bertz CT molecular complexity index is 658. The average Bonchev–Trinajstić information content (AvgIpc) is 2.75. The van der Waals surface area contributed by atoms with Crippen LogP contribution < -0.4 is 5.73 Å². The Labute approximate surface area is 128 Å². The van der Waals surface area contributed by atoms with Crippen molar-refractivity contribution in [3.05, 3.63) is 45.8 Å². The molecule has 106 valence electrons. The predicted octanol–water partition coefficient (Wildman–Crippen LogP) is 3.92. The molecule has 0 saturated carbocycles. The topological polar surface area (TPSA) is 43.8 Å². The van der Waals surface area contributed by atoms with Crippen LogP contribution in [0, 0.1) is 12.3 Å². The predicted molar refractivity (Wildman–Crippen MR) is 85.0 cm³/mol. The summed E-state index contributed by atoms with van der Waals surface area (Å²) in [6.45, 7) is 6.58. The number of pyridine rings is 1. The molecule has 0 aromatic carbocycles. The molecule has 1 aliphatic carbocycles. The minimum atomic E-state index is 0.131. The molecule has 1 unspecified atom stereocenters. The first-order valence-corrected chi connectivity index (χ1v) is 7.76. The number of nitrogens with two attached hydrogens (primary N) is 1. The first-order valence-electron chi connectivity index (χ1n) is 6.97. The van der Waals surface area contributed by atoms with Crippen LogP contribution in [0.4, 0.5) is 0 Å². The zero-order valence-electron chi connectivity index (χ0n) is 12.2. The van der Waals surface area contributed by atoms with E-state index in [-0.39, 0.29) is 11.5 Å². The molecule has 4 heteroatoms. The number of hydrogen-bond donors (Lipinski definition) is 1. The van der Waals surface area contributed by atoms with Gasteiger partial charge < -0.3 is 10.3 Å². The quantitative estimate of drug-likeness (QED) is 0.859. The summed E-state index contributed by atoms with van der Waals surface area (Å²) < 4.78 is 3.23. The van der Waals surface area contributed by atoms with Gasteiger partial charge in [0.1, 0.15) is 5.82 Å². The Morgan fingerprint density at radius 1 is 1.35 bits per heavy atom. The fraction of sp³-hybridized carbons (Fsp3) is 0.438. The van der Waals surface area contributed by atoms with E-state index in [1.807, 2.05) is 13.0 Å². The van der Waals surface area contributed by atoms with Crippen molar-refractivity contribution < 1.29 is 0 Å². The van der Waals surface area contributed by atoms with Crippen LogP contribution >= 0.6 is 15.9 Å². The molecule has 0 bridgehead atoms. The van der Waals surface area contributed by atoms with Crippen molar-refractivity contribution >= 4 is 15.9 Å². The van der Waals surface area contributed by atoms with Crippen molar-refractivity contribution in [2.24, 2.45) is 11.1 Å².